The van der Waals surface area contributed by atoms with Crippen molar-refractivity contribution >= 4 is 3.26 Å². The first-order chi connectivity index (χ1) is 26.0. The molecule has 308 valence electrons. The molecule has 0 nitrogen and oxygen atoms in total. The Morgan fingerprint density at radius 2 is 1.07 bits per heavy atom. The van der Waals surface area contributed by atoms with Crippen LogP contribution in [0.3, 0.4) is 0 Å². The van der Waals surface area contributed by atoms with Crippen molar-refractivity contribution in [2.24, 2.45) is 43.8 Å². The van der Waals surface area contributed by atoms with Crippen LogP contribution in [0.1, 0.15) is 84.1 Å². The van der Waals surface area contributed by atoms with Gasteiger partial charge in [0.25, 0.3) is 0 Å². The van der Waals surface area contributed by atoms with Crippen LogP contribution in [-0.2, 0) is 36.2 Å². The zero-order valence-electron chi connectivity index (χ0n) is 34.1. The molecule has 0 radical (unpaired) electrons. The van der Waals surface area contributed by atoms with Crippen molar-refractivity contribution < 1.29 is 75.0 Å². The molecule has 0 spiro atoms. The second-order valence-electron chi connectivity index (χ2n) is 17.2. The van der Waals surface area contributed by atoms with Crippen LogP contribution in [0.25, 0.3) is 0 Å². The summed E-state index contributed by atoms with van der Waals surface area (Å²) in [5.74, 6) is 0.460. The number of hydrogen-bond acceptors (Lipinski definition) is 0. The second kappa shape index (κ2) is 16.3. The molecule has 8 atom stereocenters. The number of fused-ring (bicyclic) bond motifs is 8. The molecule has 0 aliphatic heterocycles. The number of halogens is 8. The van der Waals surface area contributed by atoms with Gasteiger partial charge >= 0.3 is 137 Å². The zero-order chi connectivity index (χ0) is 41.2. The van der Waals surface area contributed by atoms with Crippen LogP contribution in [0.15, 0.2) is 139 Å². The molecule has 0 amide bonds. The van der Waals surface area contributed by atoms with Gasteiger partial charge in [0.05, 0.1) is 0 Å². The van der Waals surface area contributed by atoms with Crippen LogP contribution >= 0.6 is 0 Å². The monoisotopic (exact) mass is 1000 g/mol. The van der Waals surface area contributed by atoms with E-state index in [9.17, 15) is 26.3 Å². The Morgan fingerprint density at radius 3 is 1.47 bits per heavy atom. The summed E-state index contributed by atoms with van der Waals surface area (Å²) in [7, 11) is 0. The van der Waals surface area contributed by atoms with E-state index in [1.807, 2.05) is 12.2 Å². The van der Waals surface area contributed by atoms with Crippen molar-refractivity contribution in [2.45, 2.75) is 74.2 Å². The molecule has 8 rings (SSSR count). The first kappa shape index (κ1) is 47.9. The maximum Gasteiger partial charge on any atom is -0.109 e. The number of rotatable bonds is 2. The molecule has 6 aliphatic carbocycles. The van der Waals surface area contributed by atoms with Gasteiger partial charge in [-0.05, 0) is 28.6 Å². The number of allylic oxidation sites excluding steroid dienone is 16. The minimum absolute atomic E-state index is 0. The topological polar surface area (TPSA) is 0 Å². The summed E-state index contributed by atoms with van der Waals surface area (Å²) in [5, 5.41) is 0. The van der Waals surface area contributed by atoms with Crippen molar-refractivity contribution in [1.82, 2.24) is 0 Å². The third kappa shape index (κ3) is 6.80. The molecule has 58 heavy (non-hydrogen) atoms. The third-order valence-electron chi connectivity index (χ3n) is 15.6. The van der Waals surface area contributed by atoms with Crippen molar-refractivity contribution in [3.05, 3.63) is 174 Å². The quantitative estimate of drug-likeness (QED) is 0.164. The van der Waals surface area contributed by atoms with E-state index in [0.717, 1.165) is 33.9 Å². The minimum atomic E-state index is -4.40. The van der Waals surface area contributed by atoms with Gasteiger partial charge in [-0.2, -0.15) is 6.08 Å². The van der Waals surface area contributed by atoms with Gasteiger partial charge in [0.2, 0.25) is 0 Å². The molecule has 0 saturated heterocycles. The molecule has 6 aliphatic rings. The molecular formula is C49H50Cl2F6Hf-2. The molecule has 9 heteroatoms. The predicted molar refractivity (Wildman–Crippen MR) is 212 cm³/mol. The van der Waals surface area contributed by atoms with Crippen LogP contribution in [-0.4, -0.2) is 3.26 Å². The average molecular weight is 1000 g/mol. The SMILES string of the molecule is CC1=CC=CC2[CH-]C3(C)C4(C)C=CC=CC4(C)C4(C)C=CC=CC4(C)C3(C)C12C.FC(F)(F)c1ccc([C](=[Hf+2])c2ccc(C(F)(F)F)cc2)cc1.[C-]1=CC=CC1.[Cl-].[Cl-]. The van der Waals surface area contributed by atoms with Crippen LogP contribution in [0.2, 0.25) is 0 Å². The fraction of sp³-hybridized carbons (Fsp3) is 0.388. The molecular weight excluding hydrogens is 952 g/mol. The second-order valence-corrected chi connectivity index (χ2v) is 19.0. The van der Waals surface area contributed by atoms with Gasteiger partial charge in [0.1, 0.15) is 0 Å². The Bertz CT molecular complexity index is 2050. The fourth-order valence-corrected chi connectivity index (χ4v) is 12.6. The molecule has 2 fully saturated rings. The molecule has 0 aromatic heterocycles. The van der Waals surface area contributed by atoms with Gasteiger partial charge in [-0.25, -0.2) is 12.2 Å². The predicted octanol–water partition coefficient (Wildman–Crippen LogP) is 7.80. The van der Waals surface area contributed by atoms with Crippen LogP contribution in [0, 0.1) is 56.3 Å². The number of benzene rings is 2. The van der Waals surface area contributed by atoms with E-state index < -0.39 is 23.5 Å². The van der Waals surface area contributed by atoms with Gasteiger partial charge in [-0.15, -0.1) is 23.8 Å². The third-order valence-corrected chi connectivity index (χ3v) is 17.7. The zero-order valence-corrected chi connectivity index (χ0v) is 39.2. The molecule has 0 bridgehead atoms. The van der Waals surface area contributed by atoms with Gasteiger partial charge in [0, 0.05) is 10.8 Å². The summed E-state index contributed by atoms with van der Waals surface area (Å²) < 4.78 is 75.7. The van der Waals surface area contributed by atoms with E-state index >= 15 is 0 Å². The molecule has 2 aromatic carbocycles. The Morgan fingerprint density at radius 1 is 0.638 bits per heavy atom. The van der Waals surface area contributed by atoms with E-state index in [-0.39, 0.29) is 62.7 Å². The van der Waals surface area contributed by atoms with Gasteiger partial charge < -0.3 is 31.2 Å². The van der Waals surface area contributed by atoms with Gasteiger partial charge in [0.15, 0.2) is 0 Å². The normalized spacial score (nSPS) is 35.7. The van der Waals surface area contributed by atoms with E-state index in [1.165, 1.54) is 29.8 Å². The van der Waals surface area contributed by atoms with Crippen LogP contribution in [0.5, 0.6) is 0 Å². The number of hydrogen-bond donors (Lipinski definition) is 0. The average Bonchev–Trinajstić information content (AvgIpc) is 3.80. The van der Waals surface area contributed by atoms with E-state index in [2.05, 4.69) is 141 Å². The standard InChI is InChI=1S/C29H37.C15H8F6.C5H5.2ClH.Hf/c1-21-14-13-15-22-20-27(6)25(4)18-10-9-16-23(25,2)24(3)17-11-12-19-26(24,5)29(27,8)28(21,22)7;16-14(17,18)12-5-1-10(2-6-12)9-11-3-7-13(8-4-11)15(19,20)21;1-2-4-5-3-1;;;/h9-20,22H,1-8H3;1-8H;1-3H,4H2;2*1H;/q-1;;-1;;;+2/p-2. The van der Waals surface area contributed by atoms with Crippen molar-refractivity contribution in [3.63, 3.8) is 0 Å². The van der Waals surface area contributed by atoms with Gasteiger partial charge in [-0.3, -0.25) is 6.08 Å². The molecule has 0 N–H and O–H groups in total. The van der Waals surface area contributed by atoms with E-state index in [0.29, 0.717) is 40.9 Å². The molecule has 2 aromatic rings. The summed E-state index contributed by atoms with van der Waals surface area (Å²) in [6.45, 7) is 20.3. The van der Waals surface area contributed by atoms with Crippen molar-refractivity contribution in [1.29, 1.82) is 0 Å². The van der Waals surface area contributed by atoms with Gasteiger partial charge in [-0.1, -0.05) is 115 Å². The summed E-state index contributed by atoms with van der Waals surface area (Å²) >= 11 is 0.493. The van der Waals surface area contributed by atoms with Crippen molar-refractivity contribution in [3.8, 4) is 0 Å². The van der Waals surface area contributed by atoms with E-state index in [1.54, 1.807) is 0 Å². The van der Waals surface area contributed by atoms with Crippen molar-refractivity contribution in [2.75, 3.05) is 0 Å². The summed E-state index contributed by atoms with van der Waals surface area (Å²) in [6, 6.07) is 9.22. The number of alkyl halides is 6. The first-order valence-electron chi connectivity index (χ1n) is 19.1. The smallest absolute Gasteiger partial charge is 0.109 e. The largest absolute Gasteiger partial charge is 1.00 e. The molecule has 8 unspecified atom stereocenters. The van der Waals surface area contributed by atoms with E-state index in [4.69, 9.17) is 0 Å². The maximum absolute atomic E-state index is 12.5. The van der Waals surface area contributed by atoms with Crippen LogP contribution in [0.4, 0.5) is 26.3 Å². The van der Waals surface area contributed by atoms with Crippen LogP contribution < -0.4 is 24.8 Å². The maximum atomic E-state index is 12.5. The minimum Gasteiger partial charge on any atom is -1.00 e. The summed E-state index contributed by atoms with van der Waals surface area (Å²) in [6.07, 6.45) is 30.4. The Hall–Kier alpha value is -2.74. The summed E-state index contributed by atoms with van der Waals surface area (Å²) in [4.78, 5) is 0. The Balaban J connectivity index is 0.000000228. The fourth-order valence-electron chi connectivity index (χ4n) is 11.4. The molecule has 2 saturated carbocycles. The Kier molecular flexibility index (Phi) is 13.4. The Labute approximate surface area is 368 Å². The molecule has 0 heterocycles. The first-order valence-corrected chi connectivity index (χ1v) is 20.9. The summed E-state index contributed by atoms with van der Waals surface area (Å²) in [5.41, 5.74) is 1.40.